The Morgan fingerprint density at radius 3 is 2.03 bits per heavy atom. The molecule has 0 fully saturated rings. The molecule has 3 aromatic rings. The van der Waals surface area contributed by atoms with Gasteiger partial charge in [0.1, 0.15) is 6.04 Å². The SMILES string of the molecule is O=C(O)CCC(NC(=O)c1ccc(CN(C(=O)O)c2nc3ccccc3nc2C(F)(F)F)cc1)C(=O)O. The van der Waals surface area contributed by atoms with Crippen molar-refractivity contribution < 1.29 is 47.7 Å². The van der Waals surface area contributed by atoms with Gasteiger partial charge in [-0.2, -0.15) is 13.2 Å². The maximum atomic E-state index is 13.7. The molecule has 2 aromatic carbocycles. The first-order valence-corrected chi connectivity index (χ1v) is 10.6. The minimum Gasteiger partial charge on any atom is -0.481 e. The van der Waals surface area contributed by atoms with Crippen molar-refractivity contribution in [3.8, 4) is 0 Å². The van der Waals surface area contributed by atoms with E-state index in [-0.39, 0.29) is 28.6 Å². The van der Waals surface area contributed by atoms with Crippen molar-refractivity contribution in [3.63, 3.8) is 0 Å². The zero-order valence-corrected chi connectivity index (χ0v) is 18.8. The molecule has 11 nitrogen and oxygen atoms in total. The third-order valence-electron chi connectivity index (χ3n) is 5.11. The Morgan fingerprint density at radius 1 is 0.919 bits per heavy atom. The molecule has 0 saturated carbocycles. The highest BCUT2D eigenvalue weighted by Crippen LogP contribution is 2.36. The van der Waals surface area contributed by atoms with Crippen LogP contribution in [0, 0.1) is 0 Å². The number of alkyl halides is 3. The minimum absolute atomic E-state index is 0.0336. The highest BCUT2D eigenvalue weighted by molar-refractivity contribution is 5.96. The van der Waals surface area contributed by atoms with Gasteiger partial charge in [-0.15, -0.1) is 0 Å². The Bertz CT molecular complexity index is 1350. The van der Waals surface area contributed by atoms with Crippen molar-refractivity contribution in [1.82, 2.24) is 15.3 Å². The predicted molar refractivity (Wildman–Crippen MR) is 121 cm³/mol. The number of nitrogens with zero attached hydrogens (tertiary/aromatic N) is 3. The maximum absolute atomic E-state index is 13.7. The largest absolute Gasteiger partial charge is 0.481 e. The van der Waals surface area contributed by atoms with E-state index in [4.69, 9.17) is 5.11 Å². The molecule has 0 aliphatic carbocycles. The van der Waals surface area contributed by atoms with Crippen molar-refractivity contribution in [2.24, 2.45) is 0 Å². The fourth-order valence-electron chi connectivity index (χ4n) is 3.31. The average Bonchev–Trinajstić information content (AvgIpc) is 2.83. The Morgan fingerprint density at radius 2 is 1.51 bits per heavy atom. The summed E-state index contributed by atoms with van der Waals surface area (Å²) in [6, 6.07) is 9.22. The number of aliphatic carboxylic acids is 2. The molecule has 0 spiro atoms. The van der Waals surface area contributed by atoms with Gasteiger partial charge < -0.3 is 20.6 Å². The van der Waals surface area contributed by atoms with Gasteiger partial charge in [-0.3, -0.25) is 14.5 Å². The summed E-state index contributed by atoms with van der Waals surface area (Å²) in [5, 5.41) is 29.7. The van der Waals surface area contributed by atoms with Gasteiger partial charge in [-0.25, -0.2) is 19.6 Å². The fraction of sp³-hybridized carbons (Fsp3) is 0.217. The zero-order valence-electron chi connectivity index (χ0n) is 18.8. The third-order valence-corrected chi connectivity index (χ3v) is 5.11. The molecular formula is C23H19F3N4O7. The number of carboxylic acid groups (broad SMARTS) is 3. The number of carbonyl (C=O) groups is 4. The number of hydrogen-bond donors (Lipinski definition) is 4. The van der Waals surface area contributed by atoms with Crippen molar-refractivity contribution in [1.29, 1.82) is 0 Å². The molecule has 0 radical (unpaired) electrons. The van der Waals surface area contributed by atoms with Crippen LogP contribution in [0.15, 0.2) is 48.5 Å². The van der Waals surface area contributed by atoms with Crippen LogP contribution in [0.4, 0.5) is 23.8 Å². The van der Waals surface area contributed by atoms with E-state index in [0.717, 1.165) is 0 Å². The van der Waals surface area contributed by atoms with E-state index < -0.39 is 60.6 Å². The second kappa shape index (κ2) is 10.9. The standard InChI is InChI=1S/C23H19F3N4O7/c24-23(25,26)18-19(28-15-4-2-1-3-14(15)27-18)30(22(36)37)11-12-5-7-13(8-6-12)20(33)29-16(21(34)35)9-10-17(31)32/h1-8,16H,9-11H2,(H,29,33)(H,31,32)(H,34,35)(H,36,37). The number of carbonyl (C=O) groups excluding carboxylic acids is 1. The van der Waals surface area contributed by atoms with Gasteiger partial charge in [-0.05, 0) is 36.2 Å². The first-order chi connectivity index (χ1) is 17.4. The molecule has 0 aliphatic heterocycles. The molecule has 3 rings (SSSR count). The van der Waals surface area contributed by atoms with Crippen LogP contribution in [0.5, 0.6) is 0 Å². The fourth-order valence-corrected chi connectivity index (χ4v) is 3.31. The van der Waals surface area contributed by atoms with Crippen LogP contribution in [0.3, 0.4) is 0 Å². The summed E-state index contributed by atoms with van der Waals surface area (Å²) >= 11 is 0. The Balaban J connectivity index is 1.86. The molecular weight excluding hydrogens is 501 g/mol. The summed E-state index contributed by atoms with van der Waals surface area (Å²) in [7, 11) is 0. The van der Waals surface area contributed by atoms with E-state index in [1.165, 1.54) is 48.5 Å². The number of aromatic nitrogens is 2. The first-order valence-electron chi connectivity index (χ1n) is 10.6. The van der Waals surface area contributed by atoms with Crippen molar-refractivity contribution >= 4 is 40.8 Å². The number of fused-ring (bicyclic) bond motifs is 1. The van der Waals surface area contributed by atoms with Crippen LogP contribution < -0.4 is 10.2 Å². The maximum Gasteiger partial charge on any atom is 0.437 e. The molecule has 4 N–H and O–H groups in total. The topological polar surface area (TPSA) is 170 Å². The van der Waals surface area contributed by atoms with E-state index in [0.29, 0.717) is 4.90 Å². The van der Waals surface area contributed by atoms with Gasteiger partial charge in [0.25, 0.3) is 5.91 Å². The van der Waals surface area contributed by atoms with Crippen molar-refractivity contribution in [2.45, 2.75) is 31.6 Å². The number of carboxylic acids is 2. The second-order valence-electron chi connectivity index (χ2n) is 7.74. The number of halogens is 3. The number of anilines is 1. The monoisotopic (exact) mass is 520 g/mol. The summed E-state index contributed by atoms with van der Waals surface area (Å²) < 4.78 is 41.1. The van der Waals surface area contributed by atoms with Crippen LogP contribution >= 0.6 is 0 Å². The van der Waals surface area contributed by atoms with Gasteiger partial charge in [0.05, 0.1) is 17.6 Å². The van der Waals surface area contributed by atoms with E-state index in [1.54, 1.807) is 0 Å². The first kappa shape index (κ1) is 26.8. The highest BCUT2D eigenvalue weighted by Gasteiger charge is 2.40. The molecule has 1 aromatic heterocycles. The summed E-state index contributed by atoms with van der Waals surface area (Å²) in [6.07, 6.45) is -7.56. The predicted octanol–water partition coefficient (Wildman–Crippen LogP) is 3.38. The number of para-hydroxylation sites is 2. The van der Waals surface area contributed by atoms with Gasteiger partial charge >= 0.3 is 24.2 Å². The Kier molecular flexibility index (Phi) is 7.90. The number of amides is 2. The van der Waals surface area contributed by atoms with Crippen LogP contribution in [0.25, 0.3) is 11.0 Å². The zero-order chi connectivity index (χ0) is 27.3. The van der Waals surface area contributed by atoms with Gasteiger partial charge in [0, 0.05) is 12.0 Å². The number of hydrogen-bond acceptors (Lipinski definition) is 6. The summed E-state index contributed by atoms with van der Waals surface area (Å²) in [5.41, 5.74) is -1.33. The lowest BCUT2D eigenvalue weighted by molar-refractivity contribution is -0.141. The van der Waals surface area contributed by atoms with Gasteiger partial charge in [-0.1, -0.05) is 24.3 Å². The van der Waals surface area contributed by atoms with E-state index in [2.05, 4.69) is 15.3 Å². The van der Waals surface area contributed by atoms with E-state index >= 15 is 0 Å². The van der Waals surface area contributed by atoms with Gasteiger partial charge in [0.15, 0.2) is 11.5 Å². The average molecular weight is 520 g/mol. The van der Waals surface area contributed by atoms with Crippen LogP contribution in [0.1, 0.15) is 34.5 Å². The molecule has 0 aliphatic rings. The normalized spacial score (nSPS) is 12.1. The van der Waals surface area contributed by atoms with Crippen molar-refractivity contribution in [3.05, 3.63) is 65.4 Å². The summed E-state index contributed by atoms with van der Waals surface area (Å²) in [6.45, 7) is -0.566. The molecule has 2 amide bonds. The quantitative estimate of drug-likeness (QED) is 0.330. The number of nitrogens with one attached hydrogen (secondary N) is 1. The Labute approximate surface area is 206 Å². The Hall–Kier alpha value is -4.75. The molecule has 14 heteroatoms. The van der Waals surface area contributed by atoms with E-state index in [9.17, 15) is 42.6 Å². The lowest BCUT2D eigenvalue weighted by Crippen LogP contribution is -2.41. The summed E-state index contributed by atoms with van der Waals surface area (Å²) in [5.74, 6) is -4.42. The lowest BCUT2D eigenvalue weighted by atomic mass is 10.1. The molecule has 37 heavy (non-hydrogen) atoms. The second-order valence-corrected chi connectivity index (χ2v) is 7.74. The van der Waals surface area contributed by atoms with Gasteiger partial charge in [0.2, 0.25) is 0 Å². The van der Waals surface area contributed by atoms with Crippen LogP contribution in [0.2, 0.25) is 0 Å². The van der Waals surface area contributed by atoms with Crippen LogP contribution in [-0.2, 0) is 22.3 Å². The molecule has 1 unspecified atom stereocenters. The van der Waals surface area contributed by atoms with Crippen molar-refractivity contribution in [2.75, 3.05) is 4.90 Å². The molecule has 0 bridgehead atoms. The van der Waals surface area contributed by atoms with E-state index in [1.807, 2.05) is 0 Å². The minimum atomic E-state index is -5.00. The number of rotatable bonds is 9. The molecule has 1 heterocycles. The lowest BCUT2D eigenvalue weighted by Gasteiger charge is -2.22. The van der Waals surface area contributed by atoms with Crippen LogP contribution in [-0.4, -0.2) is 55.3 Å². The smallest absolute Gasteiger partial charge is 0.437 e. The summed E-state index contributed by atoms with van der Waals surface area (Å²) in [4.78, 5) is 54.1. The molecule has 1 atom stereocenters. The highest BCUT2D eigenvalue weighted by atomic mass is 19.4. The number of benzene rings is 2. The molecule has 194 valence electrons. The third kappa shape index (κ3) is 6.68. The molecule has 0 saturated heterocycles.